The maximum absolute atomic E-state index is 14.4. The third kappa shape index (κ3) is 4.15. The Kier molecular flexibility index (Phi) is 6.25. The number of esters is 1. The van der Waals surface area contributed by atoms with Crippen LogP contribution in [0, 0.1) is 11.6 Å². The summed E-state index contributed by atoms with van der Waals surface area (Å²) in [6.07, 6.45) is 0. The number of ether oxygens (including phenoxy) is 1. The Balaban J connectivity index is 2.19. The van der Waals surface area contributed by atoms with Crippen molar-refractivity contribution in [3.63, 3.8) is 0 Å². The standard InChI is InChI=1S/C19H16F2N2O3S2/c1-3-27-14-7-5-4-6-12(14)18(25)22-19-23(10-16(24)26-2)17-13(21)8-11(20)9-15(17)28-19/h4-9H,3,10H2,1-2H3. The van der Waals surface area contributed by atoms with Gasteiger partial charge in [-0.05, 0) is 24.0 Å². The van der Waals surface area contributed by atoms with Crippen molar-refractivity contribution in [2.24, 2.45) is 4.99 Å². The predicted octanol–water partition coefficient (Wildman–Crippen LogP) is 4.01. The van der Waals surface area contributed by atoms with Gasteiger partial charge in [-0.2, -0.15) is 4.99 Å². The average Bonchev–Trinajstić information content (AvgIpc) is 2.99. The van der Waals surface area contributed by atoms with Crippen LogP contribution in [0.1, 0.15) is 17.3 Å². The first-order chi connectivity index (χ1) is 13.4. The first kappa shape index (κ1) is 20.2. The van der Waals surface area contributed by atoms with Crippen molar-refractivity contribution in [1.29, 1.82) is 0 Å². The zero-order valence-corrected chi connectivity index (χ0v) is 16.7. The van der Waals surface area contributed by atoms with Gasteiger partial charge in [0.1, 0.15) is 12.4 Å². The number of thiazole rings is 1. The van der Waals surface area contributed by atoms with Crippen molar-refractivity contribution in [1.82, 2.24) is 4.57 Å². The number of carbonyl (C=O) groups is 2. The zero-order chi connectivity index (χ0) is 20.3. The molecule has 3 rings (SSSR count). The molecule has 0 radical (unpaired) electrons. The van der Waals surface area contributed by atoms with Crippen molar-refractivity contribution in [3.8, 4) is 0 Å². The number of hydrogen-bond acceptors (Lipinski definition) is 5. The highest BCUT2D eigenvalue weighted by Gasteiger charge is 2.17. The summed E-state index contributed by atoms with van der Waals surface area (Å²) in [5.74, 6) is -1.98. The molecule has 0 aliphatic carbocycles. The molecule has 28 heavy (non-hydrogen) atoms. The average molecular weight is 422 g/mol. The number of aromatic nitrogens is 1. The van der Waals surface area contributed by atoms with E-state index in [0.29, 0.717) is 5.56 Å². The number of carbonyl (C=O) groups excluding carboxylic acids is 2. The third-order valence-electron chi connectivity index (χ3n) is 3.82. The third-order valence-corrected chi connectivity index (χ3v) is 5.81. The smallest absolute Gasteiger partial charge is 0.325 e. The summed E-state index contributed by atoms with van der Waals surface area (Å²) in [6.45, 7) is 1.62. The summed E-state index contributed by atoms with van der Waals surface area (Å²) in [7, 11) is 1.20. The minimum Gasteiger partial charge on any atom is -0.468 e. The maximum atomic E-state index is 14.4. The van der Waals surface area contributed by atoms with Gasteiger partial charge in [-0.3, -0.25) is 9.59 Å². The van der Waals surface area contributed by atoms with Gasteiger partial charge in [0.15, 0.2) is 10.6 Å². The van der Waals surface area contributed by atoms with E-state index in [9.17, 15) is 18.4 Å². The van der Waals surface area contributed by atoms with Gasteiger partial charge in [-0.15, -0.1) is 11.8 Å². The first-order valence-electron chi connectivity index (χ1n) is 8.30. The second kappa shape index (κ2) is 8.66. The number of benzene rings is 2. The fraction of sp³-hybridized carbons (Fsp3) is 0.211. The monoisotopic (exact) mass is 422 g/mol. The van der Waals surface area contributed by atoms with Crippen molar-refractivity contribution < 1.29 is 23.1 Å². The second-order valence-electron chi connectivity index (χ2n) is 5.63. The van der Waals surface area contributed by atoms with Crippen molar-refractivity contribution in [2.45, 2.75) is 18.4 Å². The van der Waals surface area contributed by atoms with E-state index in [1.54, 1.807) is 12.1 Å². The van der Waals surface area contributed by atoms with Gasteiger partial charge in [-0.25, -0.2) is 8.78 Å². The van der Waals surface area contributed by atoms with Crippen LogP contribution in [-0.4, -0.2) is 29.3 Å². The largest absolute Gasteiger partial charge is 0.468 e. The molecule has 0 fully saturated rings. The van der Waals surface area contributed by atoms with Gasteiger partial charge < -0.3 is 9.30 Å². The Morgan fingerprint density at radius 2 is 2.00 bits per heavy atom. The molecule has 0 atom stereocenters. The van der Waals surface area contributed by atoms with Gasteiger partial charge in [0.2, 0.25) is 0 Å². The minimum atomic E-state index is -0.842. The molecule has 0 saturated carbocycles. The summed E-state index contributed by atoms with van der Waals surface area (Å²) in [6, 6.07) is 8.89. The molecule has 0 bridgehead atoms. The summed E-state index contributed by atoms with van der Waals surface area (Å²) in [4.78, 5) is 29.5. The summed E-state index contributed by atoms with van der Waals surface area (Å²) >= 11 is 2.43. The van der Waals surface area contributed by atoms with Crippen LogP contribution in [0.4, 0.5) is 8.78 Å². The van der Waals surface area contributed by atoms with Crippen LogP contribution < -0.4 is 4.80 Å². The van der Waals surface area contributed by atoms with E-state index in [1.807, 2.05) is 19.1 Å². The highest BCUT2D eigenvalue weighted by molar-refractivity contribution is 7.99. The van der Waals surface area contributed by atoms with Crippen LogP contribution in [0.5, 0.6) is 0 Å². The SMILES string of the molecule is CCSc1ccccc1C(=O)N=c1sc2cc(F)cc(F)c2n1CC(=O)OC. The molecule has 9 heteroatoms. The number of methoxy groups -OCH3 is 1. The molecular weight excluding hydrogens is 406 g/mol. The van der Waals surface area contributed by atoms with Crippen molar-refractivity contribution in [3.05, 3.63) is 58.4 Å². The number of fused-ring (bicyclic) bond motifs is 1. The molecule has 0 aliphatic heterocycles. The van der Waals surface area contributed by atoms with Gasteiger partial charge in [0.05, 0.1) is 22.9 Å². The van der Waals surface area contributed by atoms with Crippen LogP contribution in [0.3, 0.4) is 0 Å². The fourth-order valence-electron chi connectivity index (χ4n) is 2.63. The molecule has 5 nitrogen and oxygen atoms in total. The number of amides is 1. The Bertz CT molecular complexity index is 1120. The molecular formula is C19H16F2N2O3S2. The number of halogens is 2. The first-order valence-corrected chi connectivity index (χ1v) is 10.1. The molecule has 1 heterocycles. The van der Waals surface area contributed by atoms with Crippen LogP contribution in [0.15, 0.2) is 46.3 Å². The van der Waals surface area contributed by atoms with Crippen molar-refractivity contribution >= 4 is 45.2 Å². The van der Waals surface area contributed by atoms with Crippen LogP contribution in [0.25, 0.3) is 10.2 Å². The second-order valence-corrected chi connectivity index (χ2v) is 7.94. The number of thioether (sulfide) groups is 1. The molecule has 0 aliphatic rings. The van der Waals surface area contributed by atoms with Crippen LogP contribution in [0.2, 0.25) is 0 Å². The van der Waals surface area contributed by atoms with Gasteiger partial charge in [0, 0.05) is 11.0 Å². The van der Waals surface area contributed by atoms with E-state index >= 15 is 0 Å². The molecule has 0 saturated heterocycles. The predicted molar refractivity (Wildman–Crippen MR) is 104 cm³/mol. The molecule has 1 amide bonds. The van der Waals surface area contributed by atoms with Gasteiger partial charge >= 0.3 is 5.97 Å². The molecule has 3 aromatic rings. The molecule has 1 aromatic heterocycles. The summed E-state index contributed by atoms with van der Waals surface area (Å²) in [5, 5.41) is 0. The Labute approximate surface area is 167 Å². The molecule has 0 unspecified atom stereocenters. The van der Waals surface area contributed by atoms with Gasteiger partial charge in [0.25, 0.3) is 5.91 Å². The van der Waals surface area contributed by atoms with E-state index in [4.69, 9.17) is 0 Å². The van der Waals surface area contributed by atoms with Crippen molar-refractivity contribution in [2.75, 3.05) is 12.9 Å². The normalized spacial score (nSPS) is 11.8. The maximum Gasteiger partial charge on any atom is 0.325 e. The Morgan fingerprint density at radius 3 is 2.71 bits per heavy atom. The quantitative estimate of drug-likeness (QED) is 0.461. The van der Waals surface area contributed by atoms with E-state index < -0.39 is 23.5 Å². The summed E-state index contributed by atoms with van der Waals surface area (Å²) in [5.41, 5.74) is 0.405. The number of nitrogens with zero attached hydrogens (tertiary/aromatic N) is 2. The van der Waals surface area contributed by atoms with Crippen LogP contribution >= 0.6 is 23.1 Å². The van der Waals surface area contributed by atoms with Gasteiger partial charge in [-0.1, -0.05) is 30.4 Å². The molecule has 0 spiro atoms. The van der Waals surface area contributed by atoms with E-state index in [2.05, 4.69) is 9.73 Å². The van der Waals surface area contributed by atoms with E-state index in [-0.39, 0.29) is 21.6 Å². The number of rotatable bonds is 5. The highest BCUT2D eigenvalue weighted by atomic mass is 32.2. The molecule has 0 N–H and O–H groups in total. The fourth-order valence-corrected chi connectivity index (χ4v) is 4.49. The Morgan fingerprint density at radius 1 is 1.25 bits per heavy atom. The minimum absolute atomic E-state index is 0.000400. The van der Waals surface area contributed by atoms with E-state index in [0.717, 1.165) is 34.1 Å². The molecule has 2 aromatic carbocycles. The highest BCUT2D eigenvalue weighted by Crippen LogP contribution is 2.24. The number of hydrogen-bond donors (Lipinski definition) is 0. The molecule has 146 valence electrons. The Hall–Kier alpha value is -2.52. The lowest BCUT2D eigenvalue weighted by molar-refractivity contribution is -0.141. The lowest BCUT2D eigenvalue weighted by atomic mass is 10.2. The zero-order valence-electron chi connectivity index (χ0n) is 15.1. The summed E-state index contributed by atoms with van der Waals surface area (Å²) < 4.78 is 34.1. The van der Waals surface area contributed by atoms with E-state index in [1.165, 1.54) is 23.4 Å². The topological polar surface area (TPSA) is 60.7 Å². The lowest BCUT2D eigenvalue weighted by Gasteiger charge is -2.06. The van der Waals surface area contributed by atoms with Crippen LogP contribution in [-0.2, 0) is 16.1 Å². The lowest BCUT2D eigenvalue weighted by Crippen LogP contribution is -2.23.